The molecule has 0 amide bonds. The SMILES string of the molecule is CC(C)CN1CCN(c2c(Cl)cccc2[N+](=O)[O-])CC1. The molecule has 0 aliphatic carbocycles. The van der Waals surface area contributed by atoms with Crippen molar-refractivity contribution in [1.82, 2.24) is 4.90 Å². The second kappa shape index (κ2) is 6.41. The molecule has 1 aromatic rings. The molecular weight excluding hydrogens is 278 g/mol. The first-order valence-corrected chi connectivity index (χ1v) is 7.27. The molecule has 110 valence electrons. The largest absolute Gasteiger partial charge is 0.362 e. The maximum atomic E-state index is 11.1. The molecule has 0 radical (unpaired) electrons. The molecule has 1 aromatic carbocycles. The van der Waals surface area contributed by atoms with Crippen LogP contribution in [-0.2, 0) is 0 Å². The summed E-state index contributed by atoms with van der Waals surface area (Å²) in [5, 5.41) is 11.6. The number of hydrogen-bond donors (Lipinski definition) is 0. The number of halogens is 1. The quantitative estimate of drug-likeness (QED) is 0.633. The van der Waals surface area contributed by atoms with Gasteiger partial charge in [0.25, 0.3) is 5.69 Å². The third-order valence-electron chi connectivity index (χ3n) is 3.47. The van der Waals surface area contributed by atoms with Crippen molar-refractivity contribution in [2.75, 3.05) is 37.6 Å². The van der Waals surface area contributed by atoms with Gasteiger partial charge in [0.1, 0.15) is 5.69 Å². The van der Waals surface area contributed by atoms with Crippen molar-refractivity contribution in [3.05, 3.63) is 33.3 Å². The fourth-order valence-electron chi connectivity index (χ4n) is 2.63. The molecule has 1 aliphatic rings. The molecule has 1 saturated heterocycles. The average molecular weight is 298 g/mol. The lowest BCUT2D eigenvalue weighted by atomic mass is 10.1. The summed E-state index contributed by atoms with van der Waals surface area (Å²) in [6.45, 7) is 8.85. The fourth-order valence-corrected chi connectivity index (χ4v) is 2.92. The molecule has 0 atom stereocenters. The average Bonchev–Trinajstić information content (AvgIpc) is 2.39. The zero-order chi connectivity index (χ0) is 14.7. The van der Waals surface area contributed by atoms with Gasteiger partial charge in [0, 0.05) is 38.8 Å². The van der Waals surface area contributed by atoms with E-state index in [-0.39, 0.29) is 10.6 Å². The summed E-state index contributed by atoms with van der Waals surface area (Å²) in [7, 11) is 0. The van der Waals surface area contributed by atoms with E-state index < -0.39 is 0 Å². The summed E-state index contributed by atoms with van der Waals surface area (Å²) in [5.74, 6) is 0.635. The van der Waals surface area contributed by atoms with Crippen LogP contribution in [0.3, 0.4) is 0 Å². The van der Waals surface area contributed by atoms with Gasteiger partial charge >= 0.3 is 0 Å². The molecule has 2 rings (SSSR count). The van der Waals surface area contributed by atoms with Gasteiger partial charge in [-0.1, -0.05) is 31.5 Å². The topological polar surface area (TPSA) is 49.6 Å². The summed E-state index contributed by atoms with van der Waals surface area (Å²) < 4.78 is 0. The van der Waals surface area contributed by atoms with Crippen molar-refractivity contribution in [1.29, 1.82) is 0 Å². The molecule has 0 spiro atoms. The molecule has 20 heavy (non-hydrogen) atoms. The van der Waals surface area contributed by atoms with Crippen molar-refractivity contribution < 1.29 is 4.92 Å². The number of piperazine rings is 1. The Balaban J connectivity index is 2.13. The summed E-state index contributed by atoms with van der Waals surface area (Å²) >= 11 is 6.17. The van der Waals surface area contributed by atoms with Gasteiger partial charge < -0.3 is 4.90 Å². The number of anilines is 1. The molecule has 0 unspecified atom stereocenters. The Morgan fingerprint density at radius 3 is 2.50 bits per heavy atom. The minimum Gasteiger partial charge on any atom is -0.362 e. The van der Waals surface area contributed by atoms with E-state index in [9.17, 15) is 10.1 Å². The highest BCUT2D eigenvalue weighted by atomic mass is 35.5. The van der Waals surface area contributed by atoms with Gasteiger partial charge in [0.2, 0.25) is 0 Å². The van der Waals surface area contributed by atoms with E-state index in [4.69, 9.17) is 11.6 Å². The minimum atomic E-state index is -0.359. The molecular formula is C14H20ClN3O2. The maximum Gasteiger partial charge on any atom is 0.294 e. The Labute approximate surface area is 124 Å². The van der Waals surface area contributed by atoms with Crippen molar-refractivity contribution in [2.24, 2.45) is 5.92 Å². The lowest BCUT2D eigenvalue weighted by Crippen LogP contribution is -2.47. The molecule has 0 N–H and O–H groups in total. The third-order valence-corrected chi connectivity index (χ3v) is 3.78. The van der Waals surface area contributed by atoms with E-state index in [0.29, 0.717) is 16.6 Å². The van der Waals surface area contributed by atoms with E-state index >= 15 is 0 Å². The van der Waals surface area contributed by atoms with Gasteiger partial charge in [-0.25, -0.2) is 0 Å². The first kappa shape index (κ1) is 15.1. The first-order chi connectivity index (χ1) is 9.49. The monoisotopic (exact) mass is 297 g/mol. The highest BCUT2D eigenvalue weighted by molar-refractivity contribution is 6.33. The van der Waals surface area contributed by atoms with E-state index in [1.54, 1.807) is 12.1 Å². The van der Waals surface area contributed by atoms with Crippen LogP contribution in [0, 0.1) is 16.0 Å². The fraction of sp³-hybridized carbons (Fsp3) is 0.571. The normalized spacial score (nSPS) is 16.7. The maximum absolute atomic E-state index is 11.1. The highest BCUT2D eigenvalue weighted by Gasteiger charge is 2.25. The van der Waals surface area contributed by atoms with Crippen LogP contribution in [0.1, 0.15) is 13.8 Å². The Hall–Kier alpha value is -1.33. The molecule has 0 bridgehead atoms. The van der Waals surface area contributed by atoms with Crippen LogP contribution in [-0.4, -0.2) is 42.5 Å². The predicted molar refractivity (Wildman–Crippen MR) is 81.6 cm³/mol. The molecule has 0 aromatic heterocycles. The number of rotatable bonds is 4. The second-order valence-corrected chi connectivity index (χ2v) is 5.95. The highest BCUT2D eigenvalue weighted by Crippen LogP contribution is 2.35. The minimum absolute atomic E-state index is 0.0924. The van der Waals surface area contributed by atoms with E-state index in [2.05, 4.69) is 18.7 Å². The van der Waals surface area contributed by atoms with E-state index in [1.165, 1.54) is 6.07 Å². The Morgan fingerprint density at radius 1 is 1.30 bits per heavy atom. The van der Waals surface area contributed by atoms with Crippen LogP contribution in [0.4, 0.5) is 11.4 Å². The van der Waals surface area contributed by atoms with Crippen LogP contribution in [0.25, 0.3) is 0 Å². The van der Waals surface area contributed by atoms with Crippen LogP contribution in [0.15, 0.2) is 18.2 Å². The van der Waals surface area contributed by atoms with Crippen molar-refractivity contribution >= 4 is 23.0 Å². The molecule has 1 heterocycles. The van der Waals surface area contributed by atoms with Crippen LogP contribution >= 0.6 is 11.6 Å². The summed E-state index contributed by atoms with van der Waals surface area (Å²) in [6, 6.07) is 4.85. The standard InChI is InChI=1S/C14H20ClN3O2/c1-11(2)10-16-6-8-17(9-7-16)14-12(15)4-3-5-13(14)18(19)20/h3-5,11H,6-10H2,1-2H3. The zero-order valence-corrected chi connectivity index (χ0v) is 12.6. The molecule has 1 aliphatic heterocycles. The van der Waals surface area contributed by atoms with E-state index in [0.717, 1.165) is 32.7 Å². The Kier molecular flexibility index (Phi) is 4.83. The van der Waals surface area contributed by atoms with Gasteiger partial charge in [-0.2, -0.15) is 0 Å². The molecule has 1 fully saturated rings. The lowest BCUT2D eigenvalue weighted by Gasteiger charge is -2.36. The predicted octanol–water partition coefficient (Wildman–Crippen LogP) is 3.03. The lowest BCUT2D eigenvalue weighted by molar-refractivity contribution is -0.384. The number of para-hydroxylation sites is 1. The smallest absolute Gasteiger partial charge is 0.294 e. The van der Waals surface area contributed by atoms with Gasteiger partial charge in [-0.15, -0.1) is 0 Å². The van der Waals surface area contributed by atoms with Gasteiger partial charge in [-0.3, -0.25) is 15.0 Å². The number of benzene rings is 1. The van der Waals surface area contributed by atoms with Crippen molar-refractivity contribution in [3.8, 4) is 0 Å². The van der Waals surface area contributed by atoms with Crippen LogP contribution < -0.4 is 4.90 Å². The van der Waals surface area contributed by atoms with Crippen molar-refractivity contribution in [2.45, 2.75) is 13.8 Å². The second-order valence-electron chi connectivity index (χ2n) is 5.55. The number of hydrogen-bond acceptors (Lipinski definition) is 4. The molecule has 0 saturated carbocycles. The van der Waals surface area contributed by atoms with Gasteiger partial charge in [-0.05, 0) is 12.0 Å². The number of nitrogens with zero attached hydrogens (tertiary/aromatic N) is 3. The number of nitro benzene ring substituents is 1. The summed E-state index contributed by atoms with van der Waals surface area (Å²) in [6.07, 6.45) is 0. The van der Waals surface area contributed by atoms with E-state index in [1.807, 2.05) is 4.90 Å². The zero-order valence-electron chi connectivity index (χ0n) is 11.9. The summed E-state index contributed by atoms with van der Waals surface area (Å²) in [4.78, 5) is 15.2. The Bertz CT molecular complexity index is 485. The van der Waals surface area contributed by atoms with Crippen molar-refractivity contribution in [3.63, 3.8) is 0 Å². The number of nitro groups is 1. The molecule has 5 nitrogen and oxygen atoms in total. The van der Waals surface area contributed by atoms with Crippen LogP contribution in [0.5, 0.6) is 0 Å². The Morgan fingerprint density at radius 2 is 1.95 bits per heavy atom. The van der Waals surface area contributed by atoms with Gasteiger partial charge in [0.15, 0.2) is 0 Å². The van der Waals surface area contributed by atoms with Crippen LogP contribution in [0.2, 0.25) is 5.02 Å². The first-order valence-electron chi connectivity index (χ1n) is 6.89. The summed E-state index contributed by atoms with van der Waals surface area (Å²) in [5.41, 5.74) is 0.651. The third kappa shape index (κ3) is 3.41. The van der Waals surface area contributed by atoms with Gasteiger partial charge in [0.05, 0.1) is 9.95 Å². The molecule has 6 heteroatoms.